The third kappa shape index (κ3) is 5.37. The van der Waals surface area contributed by atoms with Crippen molar-refractivity contribution in [3.05, 3.63) is 71.8 Å². The normalized spacial score (nSPS) is 20.2. The molecule has 6 nitrogen and oxygen atoms in total. The van der Waals surface area contributed by atoms with Crippen molar-refractivity contribution in [2.75, 3.05) is 39.9 Å². The van der Waals surface area contributed by atoms with Gasteiger partial charge in [0.05, 0.1) is 12.5 Å². The molecule has 2 aromatic carbocycles. The average molecular weight is 436 g/mol. The predicted octanol–water partition coefficient (Wildman–Crippen LogP) is 2.65. The second-order valence-electron chi connectivity index (χ2n) is 8.73. The Bertz CT molecular complexity index is 844. The third-order valence-electron chi connectivity index (χ3n) is 6.76. The molecule has 0 spiro atoms. The Morgan fingerprint density at radius 3 is 2.25 bits per heavy atom. The maximum atomic E-state index is 13.1. The zero-order valence-corrected chi connectivity index (χ0v) is 18.8. The van der Waals surface area contributed by atoms with Gasteiger partial charge in [0.15, 0.2) is 0 Å². The topological polar surface area (TPSA) is 61.9 Å². The Kier molecular flexibility index (Phi) is 7.55. The minimum absolute atomic E-state index is 0.0277. The first-order valence-electron chi connectivity index (χ1n) is 11.6. The van der Waals surface area contributed by atoms with Crippen molar-refractivity contribution >= 4 is 11.8 Å². The van der Waals surface area contributed by atoms with E-state index in [1.165, 1.54) is 11.1 Å². The molecule has 0 saturated carbocycles. The summed E-state index contributed by atoms with van der Waals surface area (Å²) in [5.41, 5.74) is 2.43. The number of rotatable bonds is 7. The molecule has 2 fully saturated rings. The Labute approximate surface area is 190 Å². The van der Waals surface area contributed by atoms with E-state index in [1.54, 1.807) is 0 Å². The van der Waals surface area contributed by atoms with Crippen LogP contribution in [0.5, 0.6) is 0 Å². The maximum Gasteiger partial charge on any atom is 0.237 e. The smallest absolute Gasteiger partial charge is 0.237 e. The molecule has 1 N–H and O–H groups in total. The van der Waals surface area contributed by atoms with Crippen LogP contribution in [0.15, 0.2) is 60.7 Å². The molecule has 0 aliphatic carbocycles. The SMILES string of the molecule is CN(C(=O)CC1C(=O)NCCN1CC(c1ccccc1)c1ccccc1)C1CCOCC1. The number of ether oxygens (including phenoxy) is 1. The van der Waals surface area contributed by atoms with E-state index in [0.717, 1.165) is 19.4 Å². The number of amides is 2. The number of hydrogen-bond acceptors (Lipinski definition) is 4. The summed E-state index contributed by atoms with van der Waals surface area (Å²) in [4.78, 5) is 30.0. The van der Waals surface area contributed by atoms with Gasteiger partial charge in [-0.05, 0) is 24.0 Å². The summed E-state index contributed by atoms with van der Waals surface area (Å²) in [5.74, 6) is 0.110. The Balaban J connectivity index is 1.52. The molecule has 6 heteroatoms. The van der Waals surface area contributed by atoms with Gasteiger partial charge >= 0.3 is 0 Å². The number of hydrogen-bond donors (Lipinski definition) is 1. The quantitative estimate of drug-likeness (QED) is 0.726. The van der Waals surface area contributed by atoms with E-state index in [0.29, 0.717) is 26.3 Å². The highest BCUT2D eigenvalue weighted by Gasteiger charge is 2.35. The summed E-state index contributed by atoms with van der Waals surface area (Å²) < 4.78 is 5.43. The highest BCUT2D eigenvalue weighted by Crippen LogP contribution is 2.27. The summed E-state index contributed by atoms with van der Waals surface area (Å²) in [6.07, 6.45) is 1.91. The molecule has 2 saturated heterocycles. The van der Waals surface area contributed by atoms with Crippen LogP contribution < -0.4 is 5.32 Å². The summed E-state index contributed by atoms with van der Waals surface area (Å²) in [5, 5.41) is 2.97. The van der Waals surface area contributed by atoms with Crippen molar-refractivity contribution < 1.29 is 14.3 Å². The molecule has 1 atom stereocenters. The minimum Gasteiger partial charge on any atom is -0.381 e. The van der Waals surface area contributed by atoms with E-state index in [4.69, 9.17) is 4.74 Å². The molecule has 1 unspecified atom stereocenters. The predicted molar refractivity (Wildman–Crippen MR) is 124 cm³/mol. The minimum atomic E-state index is -0.450. The van der Waals surface area contributed by atoms with Gasteiger partial charge in [0.2, 0.25) is 11.8 Å². The highest BCUT2D eigenvalue weighted by molar-refractivity contribution is 5.89. The molecule has 0 radical (unpaired) electrons. The first kappa shape index (κ1) is 22.5. The van der Waals surface area contributed by atoms with Crippen LogP contribution in [0.1, 0.15) is 36.3 Å². The van der Waals surface area contributed by atoms with Crippen molar-refractivity contribution in [2.24, 2.45) is 0 Å². The maximum absolute atomic E-state index is 13.1. The second-order valence-corrected chi connectivity index (χ2v) is 8.73. The highest BCUT2D eigenvalue weighted by atomic mass is 16.5. The lowest BCUT2D eigenvalue weighted by atomic mass is 9.90. The van der Waals surface area contributed by atoms with E-state index in [9.17, 15) is 9.59 Å². The Hall–Kier alpha value is -2.70. The van der Waals surface area contributed by atoms with Crippen LogP contribution in [-0.4, -0.2) is 73.6 Å². The molecule has 2 heterocycles. The molecule has 2 aromatic rings. The van der Waals surface area contributed by atoms with Crippen molar-refractivity contribution in [3.8, 4) is 0 Å². The van der Waals surface area contributed by atoms with Gasteiger partial charge in [-0.15, -0.1) is 0 Å². The van der Waals surface area contributed by atoms with E-state index < -0.39 is 6.04 Å². The number of carbonyl (C=O) groups excluding carboxylic acids is 2. The number of carbonyl (C=O) groups is 2. The number of nitrogens with zero attached hydrogens (tertiary/aromatic N) is 2. The number of benzene rings is 2. The molecular formula is C26H33N3O3. The molecule has 2 aliphatic heterocycles. The van der Waals surface area contributed by atoms with Gasteiger partial charge < -0.3 is 15.0 Å². The molecule has 0 aromatic heterocycles. The first-order valence-corrected chi connectivity index (χ1v) is 11.6. The van der Waals surface area contributed by atoms with E-state index >= 15 is 0 Å². The van der Waals surface area contributed by atoms with Crippen LogP contribution >= 0.6 is 0 Å². The Morgan fingerprint density at radius 2 is 1.66 bits per heavy atom. The average Bonchev–Trinajstić information content (AvgIpc) is 2.85. The van der Waals surface area contributed by atoms with Gasteiger partial charge in [0.25, 0.3) is 0 Å². The lowest BCUT2D eigenvalue weighted by molar-refractivity contribution is -0.140. The summed E-state index contributed by atoms with van der Waals surface area (Å²) in [6, 6.07) is 20.6. The van der Waals surface area contributed by atoms with Crippen LogP contribution in [0.3, 0.4) is 0 Å². The van der Waals surface area contributed by atoms with E-state index in [1.807, 2.05) is 24.1 Å². The second kappa shape index (κ2) is 10.7. The monoisotopic (exact) mass is 435 g/mol. The van der Waals surface area contributed by atoms with Crippen LogP contribution in [0.25, 0.3) is 0 Å². The van der Waals surface area contributed by atoms with Crippen molar-refractivity contribution in [1.29, 1.82) is 0 Å². The lowest BCUT2D eigenvalue weighted by Gasteiger charge is -2.38. The van der Waals surface area contributed by atoms with Gasteiger partial charge in [0.1, 0.15) is 0 Å². The molecule has 32 heavy (non-hydrogen) atoms. The molecule has 2 aliphatic rings. The van der Waals surface area contributed by atoms with Gasteiger partial charge in [-0.2, -0.15) is 0 Å². The van der Waals surface area contributed by atoms with E-state index in [2.05, 4.69) is 58.7 Å². The van der Waals surface area contributed by atoms with Gasteiger partial charge in [-0.25, -0.2) is 0 Å². The van der Waals surface area contributed by atoms with Gasteiger partial charge in [-0.1, -0.05) is 60.7 Å². The summed E-state index contributed by atoms with van der Waals surface area (Å²) in [7, 11) is 1.86. The molecule has 4 rings (SSSR count). The van der Waals surface area contributed by atoms with Crippen molar-refractivity contribution in [1.82, 2.24) is 15.1 Å². The van der Waals surface area contributed by atoms with E-state index in [-0.39, 0.29) is 30.2 Å². The van der Waals surface area contributed by atoms with Crippen LogP contribution in [0, 0.1) is 0 Å². The van der Waals surface area contributed by atoms with Crippen molar-refractivity contribution in [3.63, 3.8) is 0 Å². The fraction of sp³-hybridized carbons (Fsp3) is 0.462. The van der Waals surface area contributed by atoms with Crippen LogP contribution in [0.4, 0.5) is 0 Å². The molecular weight excluding hydrogens is 402 g/mol. The fourth-order valence-corrected chi connectivity index (χ4v) is 4.80. The van der Waals surface area contributed by atoms with Crippen LogP contribution in [0.2, 0.25) is 0 Å². The number of piperazine rings is 1. The van der Waals surface area contributed by atoms with Gasteiger partial charge in [-0.3, -0.25) is 14.5 Å². The molecule has 170 valence electrons. The summed E-state index contributed by atoms with van der Waals surface area (Å²) in [6.45, 7) is 3.42. The third-order valence-corrected chi connectivity index (χ3v) is 6.76. The van der Waals surface area contributed by atoms with Gasteiger partial charge in [0, 0.05) is 51.9 Å². The lowest BCUT2D eigenvalue weighted by Crippen LogP contribution is -2.57. The zero-order valence-electron chi connectivity index (χ0n) is 18.8. The standard InChI is InChI=1S/C26H33N3O3/c1-28(22-12-16-32-17-13-22)25(30)18-24-26(31)27-14-15-29(24)19-23(20-8-4-2-5-9-20)21-10-6-3-7-11-21/h2-11,22-24H,12-19H2,1H3,(H,27,31). The molecule has 2 amide bonds. The first-order chi connectivity index (χ1) is 15.6. The van der Waals surface area contributed by atoms with Crippen LogP contribution in [-0.2, 0) is 14.3 Å². The fourth-order valence-electron chi connectivity index (χ4n) is 4.80. The summed E-state index contributed by atoms with van der Waals surface area (Å²) >= 11 is 0. The Morgan fingerprint density at radius 1 is 1.06 bits per heavy atom. The zero-order chi connectivity index (χ0) is 22.3. The molecule has 0 bridgehead atoms. The van der Waals surface area contributed by atoms with Crippen molar-refractivity contribution in [2.45, 2.75) is 37.3 Å². The largest absolute Gasteiger partial charge is 0.381 e. The number of nitrogens with one attached hydrogen (secondary N) is 1.